The molecule has 4 nitrogen and oxygen atoms in total. The van der Waals surface area contributed by atoms with Crippen molar-refractivity contribution >= 4 is 11.1 Å². The van der Waals surface area contributed by atoms with Crippen LogP contribution in [0.2, 0.25) is 0 Å². The zero-order valence-electron chi connectivity index (χ0n) is 9.34. The number of rotatable bonds is 6. The van der Waals surface area contributed by atoms with Gasteiger partial charge in [0.05, 0.1) is 6.10 Å². The molecule has 0 aliphatic rings. The quantitative estimate of drug-likeness (QED) is 0.565. The van der Waals surface area contributed by atoms with Crippen molar-refractivity contribution in [2.75, 3.05) is 6.79 Å². The van der Waals surface area contributed by atoms with Crippen molar-refractivity contribution in [2.24, 2.45) is 0 Å². The van der Waals surface area contributed by atoms with Crippen molar-refractivity contribution in [3.05, 3.63) is 29.8 Å². The molecular formula is C11H15O4S-. The monoisotopic (exact) mass is 243 g/mol. The summed E-state index contributed by atoms with van der Waals surface area (Å²) in [4.78, 5) is 0. The highest BCUT2D eigenvalue weighted by Crippen LogP contribution is 2.13. The van der Waals surface area contributed by atoms with E-state index in [2.05, 4.69) is 0 Å². The van der Waals surface area contributed by atoms with E-state index in [1.807, 2.05) is 13.8 Å². The Hall–Kier alpha value is -0.910. The first-order valence-electron chi connectivity index (χ1n) is 4.97. The zero-order chi connectivity index (χ0) is 12.0. The van der Waals surface area contributed by atoms with Crippen molar-refractivity contribution in [2.45, 2.75) is 25.7 Å². The fourth-order valence-corrected chi connectivity index (χ4v) is 1.52. The Morgan fingerprint density at radius 3 is 2.44 bits per heavy atom. The summed E-state index contributed by atoms with van der Waals surface area (Å²) in [6.45, 7) is 4.05. The largest absolute Gasteiger partial charge is 0.772 e. The lowest BCUT2D eigenvalue weighted by Gasteiger charge is -2.10. The Morgan fingerprint density at radius 1 is 1.31 bits per heavy atom. The standard InChI is InChI=1S/C11H16O4S/c1-9(2)14-8-15-11-5-3-10(4-6-11)7-16(12)13/h3-6,9H,7-8H2,1-2H3,(H,12,13)/p-1. The van der Waals surface area contributed by atoms with Crippen LogP contribution in [0.1, 0.15) is 19.4 Å². The van der Waals surface area contributed by atoms with Crippen LogP contribution in [0, 0.1) is 0 Å². The maximum atomic E-state index is 10.4. The molecule has 0 aliphatic heterocycles. The topological polar surface area (TPSA) is 58.6 Å². The molecule has 1 aromatic carbocycles. The molecule has 0 aromatic heterocycles. The van der Waals surface area contributed by atoms with Gasteiger partial charge in [-0.05, 0) is 31.5 Å². The second-order valence-electron chi connectivity index (χ2n) is 3.57. The molecule has 0 radical (unpaired) electrons. The average Bonchev–Trinajstić information content (AvgIpc) is 2.19. The van der Waals surface area contributed by atoms with Crippen LogP contribution >= 0.6 is 0 Å². The molecule has 90 valence electrons. The highest BCUT2D eigenvalue weighted by atomic mass is 32.2. The summed E-state index contributed by atoms with van der Waals surface area (Å²) >= 11 is -2.05. The Balaban J connectivity index is 2.42. The van der Waals surface area contributed by atoms with Gasteiger partial charge in [0.25, 0.3) is 0 Å². The van der Waals surface area contributed by atoms with E-state index in [1.54, 1.807) is 24.3 Å². The molecule has 0 spiro atoms. The fourth-order valence-electron chi connectivity index (χ4n) is 1.06. The van der Waals surface area contributed by atoms with Gasteiger partial charge < -0.3 is 14.0 Å². The molecule has 16 heavy (non-hydrogen) atoms. The van der Waals surface area contributed by atoms with E-state index in [1.165, 1.54) is 0 Å². The molecule has 0 N–H and O–H groups in total. The summed E-state index contributed by atoms with van der Waals surface area (Å²) in [6, 6.07) is 6.90. The smallest absolute Gasteiger partial charge is 0.189 e. The molecule has 1 unspecified atom stereocenters. The molecule has 0 heterocycles. The molecule has 1 aromatic rings. The van der Waals surface area contributed by atoms with Crippen LogP contribution in [0.4, 0.5) is 0 Å². The highest BCUT2D eigenvalue weighted by Gasteiger charge is 1.97. The van der Waals surface area contributed by atoms with Crippen LogP contribution in [-0.4, -0.2) is 21.7 Å². The van der Waals surface area contributed by atoms with Crippen LogP contribution in [-0.2, 0) is 21.6 Å². The van der Waals surface area contributed by atoms with E-state index in [4.69, 9.17) is 9.47 Å². The van der Waals surface area contributed by atoms with Gasteiger partial charge in [-0.25, -0.2) is 0 Å². The zero-order valence-corrected chi connectivity index (χ0v) is 10.2. The molecule has 0 saturated carbocycles. The van der Waals surface area contributed by atoms with Gasteiger partial charge in [0.1, 0.15) is 5.75 Å². The minimum Gasteiger partial charge on any atom is -0.772 e. The molecular weight excluding hydrogens is 228 g/mol. The molecule has 0 amide bonds. The van der Waals surface area contributed by atoms with Gasteiger partial charge in [-0.1, -0.05) is 23.2 Å². The second-order valence-corrected chi connectivity index (χ2v) is 4.47. The minimum absolute atomic E-state index is 0.0305. The summed E-state index contributed by atoms with van der Waals surface area (Å²) in [5, 5.41) is 0. The van der Waals surface area contributed by atoms with E-state index in [0.717, 1.165) is 5.56 Å². The number of hydrogen-bond donors (Lipinski definition) is 0. The van der Waals surface area contributed by atoms with Gasteiger partial charge in [0.15, 0.2) is 6.79 Å². The normalized spacial score (nSPS) is 12.8. The SMILES string of the molecule is CC(C)OCOc1ccc(CS(=O)[O-])cc1. The Labute approximate surface area is 97.9 Å². The summed E-state index contributed by atoms with van der Waals surface area (Å²) < 4.78 is 31.4. The third kappa shape index (κ3) is 5.25. The van der Waals surface area contributed by atoms with Crippen molar-refractivity contribution in [1.29, 1.82) is 0 Å². The summed E-state index contributed by atoms with van der Waals surface area (Å²) in [5.41, 5.74) is 0.741. The first-order valence-corrected chi connectivity index (χ1v) is 6.21. The summed E-state index contributed by atoms with van der Waals surface area (Å²) in [5.74, 6) is 0.698. The van der Waals surface area contributed by atoms with Crippen molar-refractivity contribution in [3.8, 4) is 5.75 Å². The molecule has 1 atom stereocenters. The Bertz CT molecular complexity index is 334. The maximum Gasteiger partial charge on any atom is 0.189 e. The summed E-state index contributed by atoms with van der Waals surface area (Å²) in [6.07, 6.45) is 0.127. The van der Waals surface area contributed by atoms with Gasteiger partial charge in [0.2, 0.25) is 0 Å². The van der Waals surface area contributed by atoms with E-state index in [-0.39, 0.29) is 18.6 Å². The molecule has 5 heteroatoms. The maximum absolute atomic E-state index is 10.4. The van der Waals surface area contributed by atoms with Crippen LogP contribution in [0.25, 0.3) is 0 Å². The first-order chi connectivity index (χ1) is 7.58. The van der Waals surface area contributed by atoms with Gasteiger partial charge >= 0.3 is 0 Å². The van der Waals surface area contributed by atoms with Crippen molar-refractivity contribution < 1.29 is 18.2 Å². The second kappa shape index (κ2) is 6.62. The van der Waals surface area contributed by atoms with Gasteiger partial charge in [-0.3, -0.25) is 4.21 Å². The molecule has 1 rings (SSSR count). The van der Waals surface area contributed by atoms with Crippen LogP contribution < -0.4 is 4.74 Å². The lowest BCUT2D eigenvalue weighted by atomic mass is 10.2. The van der Waals surface area contributed by atoms with E-state index >= 15 is 0 Å². The Morgan fingerprint density at radius 2 is 1.94 bits per heavy atom. The highest BCUT2D eigenvalue weighted by molar-refractivity contribution is 7.78. The molecule has 0 saturated heterocycles. The third-order valence-electron chi connectivity index (χ3n) is 1.83. The predicted molar refractivity (Wildman–Crippen MR) is 60.8 cm³/mol. The van der Waals surface area contributed by atoms with Crippen LogP contribution in [0.5, 0.6) is 5.75 Å². The van der Waals surface area contributed by atoms with E-state index in [0.29, 0.717) is 5.75 Å². The van der Waals surface area contributed by atoms with Crippen LogP contribution in [0.3, 0.4) is 0 Å². The van der Waals surface area contributed by atoms with Gasteiger partial charge in [-0.2, -0.15) is 0 Å². The van der Waals surface area contributed by atoms with Crippen molar-refractivity contribution in [1.82, 2.24) is 0 Å². The lowest BCUT2D eigenvalue weighted by molar-refractivity contribution is -0.0199. The third-order valence-corrected chi connectivity index (χ3v) is 2.40. The van der Waals surface area contributed by atoms with Gasteiger partial charge in [-0.15, -0.1) is 0 Å². The van der Waals surface area contributed by atoms with Gasteiger partial charge in [0, 0.05) is 5.75 Å². The minimum atomic E-state index is -2.05. The average molecular weight is 243 g/mol. The molecule has 0 fully saturated rings. The number of hydrogen-bond acceptors (Lipinski definition) is 4. The summed E-state index contributed by atoms with van der Waals surface area (Å²) in [7, 11) is 0. The first kappa shape index (κ1) is 13.2. The molecule has 0 bridgehead atoms. The Kier molecular flexibility index (Phi) is 5.45. The predicted octanol–water partition coefficient (Wildman–Crippen LogP) is 1.83. The van der Waals surface area contributed by atoms with E-state index in [9.17, 15) is 8.76 Å². The number of ether oxygens (including phenoxy) is 2. The van der Waals surface area contributed by atoms with E-state index < -0.39 is 11.1 Å². The fraction of sp³-hybridized carbons (Fsp3) is 0.455. The van der Waals surface area contributed by atoms with Crippen molar-refractivity contribution in [3.63, 3.8) is 0 Å². The molecule has 0 aliphatic carbocycles. The lowest BCUT2D eigenvalue weighted by Crippen LogP contribution is -2.09. The number of benzene rings is 1. The van der Waals surface area contributed by atoms with Crippen LogP contribution in [0.15, 0.2) is 24.3 Å².